The fourth-order valence-corrected chi connectivity index (χ4v) is 2.06. The standard InChI is InChI=1S/C12H13O.C5H5.Fe/c13-12-8-4-3-7-11(12)9-10-5-1-2-6-10;1-2-4-5-3-1;/h1-2,5-6,9H,3-4,7-8H2;1-5H;/q2*-1;+2. The van der Waals surface area contributed by atoms with Crippen LogP contribution in [0, 0.1) is 0 Å². The average molecular weight is 294 g/mol. The Bertz CT molecular complexity index is 460. The molecule has 3 rings (SSSR count). The minimum atomic E-state index is 0. The van der Waals surface area contributed by atoms with Gasteiger partial charge in [-0.1, -0.05) is 18.4 Å². The molecular weight excluding hydrogens is 276 g/mol. The molecule has 2 aromatic carbocycles. The molecule has 2 aromatic rings. The van der Waals surface area contributed by atoms with Gasteiger partial charge in [0.15, 0.2) is 0 Å². The molecule has 0 unspecified atom stereocenters. The summed E-state index contributed by atoms with van der Waals surface area (Å²) in [6, 6.07) is 18.1. The molecule has 0 bridgehead atoms. The molecule has 0 aliphatic heterocycles. The normalized spacial score (nSPS) is 16.4. The molecule has 1 nitrogen and oxygen atoms in total. The van der Waals surface area contributed by atoms with Gasteiger partial charge in [0.2, 0.25) is 0 Å². The van der Waals surface area contributed by atoms with E-state index in [-0.39, 0.29) is 17.1 Å². The van der Waals surface area contributed by atoms with Gasteiger partial charge in [-0.15, -0.1) is 23.8 Å². The first-order chi connectivity index (χ1) is 8.86. The minimum absolute atomic E-state index is 0. The van der Waals surface area contributed by atoms with Crippen molar-refractivity contribution in [3.05, 3.63) is 65.7 Å². The number of carbonyl (C=O) groups excluding carboxylic acids is 1. The summed E-state index contributed by atoms with van der Waals surface area (Å²) in [7, 11) is 0. The maximum absolute atomic E-state index is 11.5. The van der Waals surface area contributed by atoms with E-state index >= 15 is 0 Å². The second-order valence-electron chi connectivity index (χ2n) is 4.48. The predicted molar refractivity (Wildman–Crippen MR) is 75.5 cm³/mol. The number of allylic oxidation sites excluding steroid dienone is 1. The van der Waals surface area contributed by atoms with E-state index in [4.69, 9.17) is 0 Å². The third-order valence-corrected chi connectivity index (χ3v) is 3.04. The summed E-state index contributed by atoms with van der Waals surface area (Å²) in [4.78, 5) is 11.5. The van der Waals surface area contributed by atoms with Crippen molar-refractivity contribution in [1.29, 1.82) is 0 Å². The molecule has 0 radical (unpaired) electrons. The van der Waals surface area contributed by atoms with Gasteiger partial charge in [0.1, 0.15) is 5.78 Å². The first kappa shape index (κ1) is 15.7. The van der Waals surface area contributed by atoms with Crippen LogP contribution in [0.15, 0.2) is 60.2 Å². The molecule has 19 heavy (non-hydrogen) atoms. The molecule has 100 valence electrons. The van der Waals surface area contributed by atoms with E-state index in [1.54, 1.807) is 0 Å². The number of rotatable bonds is 1. The van der Waals surface area contributed by atoms with Crippen molar-refractivity contribution in [2.75, 3.05) is 0 Å². The first-order valence-electron chi connectivity index (χ1n) is 6.48. The van der Waals surface area contributed by atoms with Gasteiger partial charge in [-0.25, -0.2) is 12.1 Å². The zero-order chi connectivity index (χ0) is 12.6. The zero-order valence-corrected chi connectivity index (χ0v) is 12.0. The summed E-state index contributed by atoms with van der Waals surface area (Å²) in [5.41, 5.74) is 2.17. The van der Waals surface area contributed by atoms with Gasteiger partial charge in [-0.3, -0.25) is 0 Å². The van der Waals surface area contributed by atoms with E-state index in [2.05, 4.69) is 0 Å². The van der Waals surface area contributed by atoms with Gasteiger partial charge in [-0.05, 0) is 6.42 Å². The molecule has 2 heteroatoms. The number of hydrogen-bond donors (Lipinski definition) is 0. The molecule has 0 aromatic heterocycles. The third-order valence-electron chi connectivity index (χ3n) is 3.04. The average Bonchev–Trinajstić information content (AvgIpc) is 3.06. The van der Waals surface area contributed by atoms with E-state index < -0.39 is 0 Å². The van der Waals surface area contributed by atoms with E-state index in [0.29, 0.717) is 5.78 Å². The molecule has 0 atom stereocenters. The van der Waals surface area contributed by atoms with Crippen LogP contribution in [0.3, 0.4) is 0 Å². The Morgan fingerprint density at radius 2 is 1.63 bits per heavy atom. The number of ketones is 1. The van der Waals surface area contributed by atoms with Crippen LogP contribution >= 0.6 is 0 Å². The Kier molecular flexibility index (Phi) is 7.17. The van der Waals surface area contributed by atoms with Crippen molar-refractivity contribution >= 4 is 11.9 Å². The van der Waals surface area contributed by atoms with Crippen molar-refractivity contribution in [2.24, 2.45) is 0 Å². The van der Waals surface area contributed by atoms with E-state index in [1.807, 2.05) is 60.7 Å². The summed E-state index contributed by atoms with van der Waals surface area (Å²) in [5.74, 6) is 0.340. The fraction of sp³-hybridized carbons (Fsp3) is 0.235. The maximum Gasteiger partial charge on any atom is 2.00 e. The van der Waals surface area contributed by atoms with Crippen LogP contribution in [0.1, 0.15) is 31.2 Å². The molecule has 0 heterocycles. The van der Waals surface area contributed by atoms with E-state index in [1.165, 1.54) is 0 Å². The molecule has 1 aliphatic rings. The maximum atomic E-state index is 11.5. The van der Waals surface area contributed by atoms with Crippen LogP contribution in [0.4, 0.5) is 0 Å². The van der Waals surface area contributed by atoms with Crippen LogP contribution < -0.4 is 0 Å². The van der Waals surface area contributed by atoms with Gasteiger partial charge in [0.05, 0.1) is 0 Å². The van der Waals surface area contributed by atoms with Crippen LogP contribution in [-0.2, 0) is 21.9 Å². The second-order valence-corrected chi connectivity index (χ2v) is 4.48. The molecule has 1 aliphatic carbocycles. The second kappa shape index (κ2) is 8.68. The Morgan fingerprint density at radius 1 is 1.00 bits per heavy atom. The molecule has 0 spiro atoms. The minimum Gasteiger partial charge on any atom is -0.306 e. The van der Waals surface area contributed by atoms with Crippen molar-refractivity contribution < 1.29 is 21.9 Å². The predicted octanol–water partition coefficient (Wildman–Crippen LogP) is 4.34. The molecule has 0 amide bonds. The Hall–Kier alpha value is -1.37. The Morgan fingerprint density at radius 3 is 2.16 bits per heavy atom. The number of carbonyl (C=O) groups is 1. The molecule has 1 saturated carbocycles. The monoisotopic (exact) mass is 294 g/mol. The van der Waals surface area contributed by atoms with Crippen molar-refractivity contribution in [3.63, 3.8) is 0 Å². The van der Waals surface area contributed by atoms with Crippen molar-refractivity contribution in [1.82, 2.24) is 0 Å². The van der Waals surface area contributed by atoms with Gasteiger partial charge in [0.25, 0.3) is 0 Å². The number of Topliss-reactive ketones (excluding diaryl/α,β-unsaturated/α-hetero) is 1. The van der Waals surface area contributed by atoms with Crippen LogP contribution in [0.2, 0.25) is 0 Å². The SMILES string of the molecule is O=C1CCCCC1=C[c-]1cccc1.[Fe+2].c1cc[cH-]c1. The summed E-state index contributed by atoms with van der Waals surface area (Å²) in [6.07, 6.45) is 5.97. The van der Waals surface area contributed by atoms with Gasteiger partial charge < -0.3 is 4.79 Å². The summed E-state index contributed by atoms with van der Waals surface area (Å²) >= 11 is 0. The summed E-state index contributed by atoms with van der Waals surface area (Å²) in [6.45, 7) is 0. The molecule has 0 saturated heterocycles. The van der Waals surface area contributed by atoms with Crippen LogP contribution in [0.5, 0.6) is 0 Å². The summed E-state index contributed by atoms with van der Waals surface area (Å²) in [5, 5.41) is 0. The van der Waals surface area contributed by atoms with E-state index in [0.717, 1.165) is 36.8 Å². The molecular formula is C17H18FeO. The van der Waals surface area contributed by atoms with Gasteiger partial charge >= 0.3 is 17.1 Å². The largest absolute Gasteiger partial charge is 2.00 e. The van der Waals surface area contributed by atoms with Crippen LogP contribution in [-0.4, -0.2) is 5.78 Å². The van der Waals surface area contributed by atoms with Crippen molar-refractivity contribution in [3.8, 4) is 0 Å². The smallest absolute Gasteiger partial charge is 0.306 e. The fourth-order valence-electron chi connectivity index (χ4n) is 2.06. The zero-order valence-electron chi connectivity index (χ0n) is 10.9. The molecule has 0 N–H and O–H groups in total. The third kappa shape index (κ3) is 5.42. The molecule has 1 fully saturated rings. The Balaban J connectivity index is 0.000000256. The van der Waals surface area contributed by atoms with Crippen LogP contribution in [0.25, 0.3) is 6.08 Å². The van der Waals surface area contributed by atoms with Gasteiger partial charge in [0, 0.05) is 6.42 Å². The van der Waals surface area contributed by atoms with Gasteiger partial charge in [-0.2, -0.15) is 30.3 Å². The topological polar surface area (TPSA) is 17.1 Å². The first-order valence-corrected chi connectivity index (χ1v) is 6.48. The van der Waals surface area contributed by atoms with Crippen molar-refractivity contribution in [2.45, 2.75) is 25.7 Å². The quantitative estimate of drug-likeness (QED) is 0.434. The summed E-state index contributed by atoms with van der Waals surface area (Å²) < 4.78 is 0. The number of hydrogen-bond acceptors (Lipinski definition) is 1. The van der Waals surface area contributed by atoms with E-state index in [9.17, 15) is 4.79 Å². The Labute approximate surface area is 125 Å².